The predicted octanol–water partition coefficient (Wildman–Crippen LogP) is 2.98. The van der Waals surface area contributed by atoms with Crippen molar-refractivity contribution in [3.05, 3.63) is 105 Å². The quantitative estimate of drug-likeness (QED) is 0.284. The third-order valence-corrected chi connectivity index (χ3v) is 6.58. The summed E-state index contributed by atoms with van der Waals surface area (Å²) in [4.78, 5) is 4.99. The van der Waals surface area contributed by atoms with E-state index in [0.29, 0.717) is 28.3 Å². The summed E-state index contributed by atoms with van der Waals surface area (Å²) in [7, 11) is 1.45. The number of hydrogen-bond donors (Lipinski definition) is 4. The Kier molecular flexibility index (Phi) is 8.35. The lowest BCUT2D eigenvalue weighted by atomic mass is 9.90. The van der Waals surface area contributed by atoms with Crippen LogP contribution in [0, 0.1) is 5.82 Å². The molecule has 0 aliphatic carbocycles. The van der Waals surface area contributed by atoms with Gasteiger partial charge in [0.2, 0.25) is 0 Å². The van der Waals surface area contributed by atoms with Crippen LogP contribution in [-0.2, 0) is 16.0 Å². The molecule has 7 nitrogen and oxygen atoms in total. The zero-order valence-electron chi connectivity index (χ0n) is 19.5. The van der Waals surface area contributed by atoms with Crippen molar-refractivity contribution in [3.8, 4) is 0 Å². The molecule has 0 radical (unpaired) electrons. The van der Waals surface area contributed by atoms with E-state index in [0.717, 1.165) is 16.7 Å². The fourth-order valence-electron chi connectivity index (χ4n) is 4.26. The molecule has 5 atom stereocenters. The second-order valence-corrected chi connectivity index (χ2v) is 9.01. The molecule has 1 aliphatic heterocycles. The molecule has 0 aromatic heterocycles. The van der Waals surface area contributed by atoms with Crippen molar-refractivity contribution in [3.63, 3.8) is 0 Å². The van der Waals surface area contributed by atoms with Crippen LogP contribution in [0.3, 0.4) is 0 Å². The molecule has 0 saturated carbocycles. The van der Waals surface area contributed by atoms with E-state index in [1.807, 2.05) is 24.3 Å². The molecule has 1 fully saturated rings. The van der Waals surface area contributed by atoms with Crippen LogP contribution in [-0.4, -0.2) is 64.3 Å². The van der Waals surface area contributed by atoms with Gasteiger partial charge in [0, 0.05) is 16.1 Å². The van der Waals surface area contributed by atoms with Gasteiger partial charge in [-0.3, -0.25) is 0 Å². The molecule has 4 rings (SSSR count). The average Bonchev–Trinajstić information content (AvgIpc) is 2.89. The number of aliphatic hydroxyl groups is 4. The van der Waals surface area contributed by atoms with Crippen molar-refractivity contribution in [1.29, 1.82) is 0 Å². The molecule has 0 amide bonds. The van der Waals surface area contributed by atoms with Crippen LogP contribution >= 0.6 is 11.6 Å². The Hall–Kier alpha value is -2.85. The molecule has 5 unspecified atom stereocenters. The van der Waals surface area contributed by atoms with E-state index in [1.54, 1.807) is 30.3 Å². The largest absolute Gasteiger partial charge is 0.399 e. The number of hydrogen-bond acceptors (Lipinski definition) is 7. The summed E-state index contributed by atoms with van der Waals surface area (Å²) in [5.74, 6) is -0.339. The summed E-state index contributed by atoms with van der Waals surface area (Å²) >= 11 is 6.45. The molecule has 36 heavy (non-hydrogen) atoms. The minimum atomic E-state index is -1.46. The van der Waals surface area contributed by atoms with Gasteiger partial charge < -0.3 is 30.0 Å². The third kappa shape index (κ3) is 5.59. The normalized spacial score (nSPS) is 24.5. The molecule has 1 heterocycles. The van der Waals surface area contributed by atoms with Crippen molar-refractivity contribution in [2.75, 3.05) is 13.7 Å². The molecule has 1 aliphatic rings. The van der Waals surface area contributed by atoms with Gasteiger partial charge in [0.15, 0.2) is 0 Å². The summed E-state index contributed by atoms with van der Waals surface area (Å²) in [5, 5.41) is 44.7. The first-order valence-electron chi connectivity index (χ1n) is 11.4. The van der Waals surface area contributed by atoms with E-state index in [4.69, 9.17) is 21.2 Å². The molecule has 3 aromatic carbocycles. The van der Waals surface area contributed by atoms with Crippen molar-refractivity contribution < 1.29 is 34.4 Å². The fraction of sp³-hybridized carbons (Fsp3) is 0.296. The van der Waals surface area contributed by atoms with Gasteiger partial charge in [0.1, 0.15) is 49.2 Å². The molecular weight excluding hydrogens is 489 g/mol. The van der Waals surface area contributed by atoms with E-state index >= 15 is 0 Å². The molecule has 0 bridgehead atoms. The maximum Gasteiger partial charge on any atom is 0.123 e. The number of rotatable bonds is 7. The molecule has 9 heteroatoms. The van der Waals surface area contributed by atoms with E-state index in [1.165, 1.54) is 19.2 Å². The highest BCUT2D eigenvalue weighted by molar-refractivity contribution is 6.31. The molecule has 3 aromatic rings. The van der Waals surface area contributed by atoms with E-state index in [9.17, 15) is 24.8 Å². The number of nitrogens with zero attached hydrogens (tertiary/aromatic N) is 1. The standard InChI is InChI=1S/C27H27ClFNO6/c1-35-30-23(17-6-9-20(29)10-7-17)16-4-2-15(3-5-16)12-19-13-18(8-11-21(19)28)27-26(34)25(33)24(32)22(14-31)36-27/h2-11,13,22,24-27,31-34H,12,14H2,1H3. The van der Waals surface area contributed by atoms with Gasteiger partial charge in [-0.2, -0.15) is 0 Å². The van der Waals surface area contributed by atoms with Crippen LogP contribution in [0.5, 0.6) is 0 Å². The van der Waals surface area contributed by atoms with Gasteiger partial charge in [-0.05, 0) is 53.4 Å². The van der Waals surface area contributed by atoms with Gasteiger partial charge in [-0.25, -0.2) is 4.39 Å². The molecule has 4 N–H and O–H groups in total. The van der Waals surface area contributed by atoms with Crippen molar-refractivity contribution >= 4 is 17.3 Å². The number of benzene rings is 3. The van der Waals surface area contributed by atoms with Crippen LogP contribution in [0.2, 0.25) is 5.02 Å². The lowest BCUT2D eigenvalue weighted by molar-refractivity contribution is -0.231. The Labute approximate surface area is 213 Å². The molecule has 0 spiro atoms. The highest BCUT2D eigenvalue weighted by Gasteiger charge is 2.44. The summed E-state index contributed by atoms with van der Waals surface area (Å²) in [6.07, 6.45) is -5.73. The van der Waals surface area contributed by atoms with E-state index in [2.05, 4.69) is 5.16 Å². The smallest absolute Gasteiger partial charge is 0.123 e. The first kappa shape index (κ1) is 26.2. The monoisotopic (exact) mass is 515 g/mol. The van der Waals surface area contributed by atoms with E-state index < -0.39 is 37.1 Å². The zero-order chi connectivity index (χ0) is 25.8. The lowest BCUT2D eigenvalue weighted by Gasteiger charge is -2.40. The highest BCUT2D eigenvalue weighted by Crippen LogP contribution is 2.34. The second kappa shape index (κ2) is 11.5. The van der Waals surface area contributed by atoms with Gasteiger partial charge in [0.25, 0.3) is 0 Å². The van der Waals surface area contributed by atoms with Crippen molar-refractivity contribution in [1.82, 2.24) is 0 Å². The van der Waals surface area contributed by atoms with Crippen LogP contribution in [0.15, 0.2) is 71.9 Å². The number of aliphatic hydroxyl groups excluding tert-OH is 4. The van der Waals surface area contributed by atoms with Gasteiger partial charge in [0.05, 0.1) is 6.61 Å². The Morgan fingerprint density at radius 1 is 0.944 bits per heavy atom. The second-order valence-electron chi connectivity index (χ2n) is 8.60. The first-order chi connectivity index (χ1) is 17.3. The van der Waals surface area contributed by atoms with Gasteiger partial charge in [-0.1, -0.05) is 53.2 Å². The minimum absolute atomic E-state index is 0.339. The first-order valence-corrected chi connectivity index (χ1v) is 11.8. The fourth-order valence-corrected chi connectivity index (χ4v) is 4.44. The topological polar surface area (TPSA) is 112 Å². The third-order valence-electron chi connectivity index (χ3n) is 6.21. The summed E-state index contributed by atoms with van der Waals surface area (Å²) in [6, 6.07) is 18.7. The lowest BCUT2D eigenvalue weighted by Crippen LogP contribution is -2.55. The van der Waals surface area contributed by atoms with Crippen LogP contribution in [0.4, 0.5) is 4.39 Å². The Balaban J connectivity index is 1.56. The number of halogens is 2. The minimum Gasteiger partial charge on any atom is -0.399 e. The molecular formula is C27H27ClFNO6. The summed E-state index contributed by atoms with van der Waals surface area (Å²) < 4.78 is 19.0. The Bertz CT molecular complexity index is 1200. The maximum absolute atomic E-state index is 13.3. The number of ether oxygens (including phenoxy) is 1. The maximum atomic E-state index is 13.3. The molecule has 190 valence electrons. The van der Waals surface area contributed by atoms with E-state index in [-0.39, 0.29) is 5.82 Å². The average molecular weight is 516 g/mol. The van der Waals surface area contributed by atoms with Crippen LogP contribution in [0.25, 0.3) is 0 Å². The van der Waals surface area contributed by atoms with Gasteiger partial charge in [-0.15, -0.1) is 0 Å². The Morgan fingerprint density at radius 3 is 2.19 bits per heavy atom. The van der Waals surface area contributed by atoms with Crippen molar-refractivity contribution in [2.45, 2.75) is 36.9 Å². The predicted molar refractivity (Wildman–Crippen MR) is 132 cm³/mol. The van der Waals surface area contributed by atoms with Crippen LogP contribution < -0.4 is 0 Å². The Morgan fingerprint density at radius 2 is 1.58 bits per heavy atom. The SMILES string of the molecule is CON=C(c1ccc(F)cc1)c1ccc(Cc2cc(C3OC(CO)C(O)C(O)C3O)ccc2Cl)cc1. The highest BCUT2D eigenvalue weighted by atomic mass is 35.5. The zero-order valence-corrected chi connectivity index (χ0v) is 20.2. The van der Waals surface area contributed by atoms with Crippen molar-refractivity contribution in [2.24, 2.45) is 5.16 Å². The van der Waals surface area contributed by atoms with Gasteiger partial charge >= 0.3 is 0 Å². The van der Waals surface area contributed by atoms with Crippen LogP contribution in [0.1, 0.15) is 33.9 Å². The summed E-state index contributed by atoms with van der Waals surface area (Å²) in [5.41, 5.74) is 4.33. The summed E-state index contributed by atoms with van der Waals surface area (Å²) in [6.45, 7) is -0.499. The number of oxime groups is 1. The molecule has 1 saturated heterocycles.